The molecule has 0 radical (unpaired) electrons. The molecule has 15 heteroatoms. The smallest absolute Gasteiger partial charge is 0.229 e. The lowest BCUT2D eigenvalue weighted by Gasteiger charge is -2.49. The van der Waals surface area contributed by atoms with Crippen molar-refractivity contribution in [3.05, 3.63) is 112 Å². The molecule has 5 aliphatic rings. The number of hydrogen-bond acceptors (Lipinski definition) is 15. The number of carbonyl (C=O) groups is 2. The molecule has 0 amide bonds. The Hall–Kier alpha value is -3.64. The quantitative estimate of drug-likeness (QED) is 0.184. The summed E-state index contributed by atoms with van der Waals surface area (Å²) in [6.45, 7) is -0.589. The summed E-state index contributed by atoms with van der Waals surface area (Å²) in [4.78, 5) is 30.3. The van der Waals surface area contributed by atoms with Crippen molar-refractivity contribution in [2.45, 2.75) is 74.2 Å². The molecule has 0 aromatic heterocycles. The van der Waals surface area contributed by atoms with Gasteiger partial charge in [-0.25, -0.2) is 0 Å². The Kier molecular flexibility index (Phi) is 11.8. The van der Waals surface area contributed by atoms with Gasteiger partial charge in [-0.1, -0.05) is 70.1 Å². The third-order valence-electron chi connectivity index (χ3n) is 11.2. The van der Waals surface area contributed by atoms with Gasteiger partial charge in [0, 0.05) is 24.0 Å². The van der Waals surface area contributed by atoms with Crippen LogP contribution in [0.1, 0.15) is 57.5 Å². The van der Waals surface area contributed by atoms with Crippen LogP contribution < -0.4 is 15.4 Å². The summed E-state index contributed by atoms with van der Waals surface area (Å²) in [5.74, 6) is -1.63. The summed E-state index contributed by atoms with van der Waals surface area (Å²) in [5.41, 5.74) is -1.19. The predicted molar refractivity (Wildman–Crippen MR) is 206 cm³/mol. The Morgan fingerprint density at radius 1 is 0.982 bits per heavy atom. The number of ether oxygens (including phenoxy) is 2. The van der Waals surface area contributed by atoms with Crippen molar-refractivity contribution in [2.75, 3.05) is 25.6 Å². The second-order valence-corrected chi connectivity index (χ2v) is 17.0. The SMILES string of the molecule is O=C1c2cccc3c2C(=O)C2(C(O)=CC(Cc4cccc(CO)c4)=CC12)C(CCCO)SSCNC1=CC(=CCN1)CCC1(O)C(O)C(CO)OC(O3)C1O. The fourth-order valence-electron chi connectivity index (χ4n) is 8.31. The number of ketones is 2. The maximum absolute atomic E-state index is 15.4. The van der Waals surface area contributed by atoms with Crippen LogP contribution in [0.2, 0.25) is 0 Å². The highest BCUT2D eigenvalue weighted by Gasteiger charge is 2.62. The van der Waals surface area contributed by atoms with Crippen LogP contribution in [0.15, 0.2) is 89.5 Å². The Morgan fingerprint density at radius 2 is 1.78 bits per heavy atom. The zero-order chi connectivity index (χ0) is 38.9. The molecule has 1 spiro atoms. The normalized spacial score (nSPS) is 32.2. The van der Waals surface area contributed by atoms with Gasteiger partial charge in [-0.3, -0.25) is 9.59 Å². The van der Waals surface area contributed by atoms with Gasteiger partial charge in [-0.05, 0) is 72.6 Å². The van der Waals surface area contributed by atoms with Crippen molar-refractivity contribution in [1.82, 2.24) is 10.6 Å². The molecule has 9 N–H and O–H groups in total. The molecule has 2 aliphatic carbocycles. The third kappa shape index (κ3) is 7.26. The predicted octanol–water partition coefficient (Wildman–Crippen LogP) is 2.57. The lowest BCUT2D eigenvalue weighted by Crippen LogP contribution is -2.68. The van der Waals surface area contributed by atoms with Gasteiger partial charge in [-0.15, -0.1) is 0 Å². The second kappa shape index (κ2) is 16.5. The number of hydrogen-bond donors (Lipinski definition) is 9. The third-order valence-corrected chi connectivity index (χ3v) is 13.9. The van der Waals surface area contributed by atoms with Gasteiger partial charge in [0.2, 0.25) is 6.29 Å². The minimum atomic E-state index is -2.21. The summed E-state index contributed by atoms with van der Waals surface area (Å²) >= 11 is 0. The number of aliphatic hydroxyl groups excluding tert-OH is 6. The minimum Gasteiger partial charge on any atom is -0.511 e. The molecule has 1 fully saturated rings. The number of allylic oxidation sites excluding steroid dienone is 6. The van der Waals surface area contributed by atoms with Crippen LogP contribution in [-0.2, 0) is 17.8 Å². The Balaban J connectivity index is 1.37. The molecule has 13 nitrogen and oxygen atoms in total. The van der Waals surface area contributed by atoms with Crippen molar-refractivity contribution >= 4 is 33.2 Å². The van der Waals surface area contributed by atoms with Gasteiger partial charge in [-0.2, -0.15) is 0 Å². The van der Waals surface area contributed by atoms with E-state index in [4.69, 9.17) is 9.47 Å². The number of fused-ring (bicyclic) bond motifs is 3. The molecule has 2 aromatic rings. The Labute approximate surface area is 326 Å². The summed E-state index contributed by atoms with van der Waals surface area (Å²) in [7, 11) is 2.73. The van der Waals surface area contributed by atoms with Gasteiger partial charge < -0.3 is 55.9 Å². The van der Waals surface area contributed by atoms with Gasteiger partial charge in [0.25, 0.3) is 0 Å². The number of dihydropyridines is 1. The van der Waals surface area contributed by atoms with E-state index in [1.54, 1.807) is 12.1 Å². The van der Waals surface area contributed by atoms with Crippen molar-refractivity contribution in [3.63, 3.8) is 0 Å². The number of carbonyl (C=O) groups excluding carboxylic acids is 2. The van der Waals surface area contributed by atoms with E-state index in [9.17, 15) is 40.5 Å². The summed E-state index contributed by atoms with van der Waals surface area (Å²) < 4.78 is 12.0. The highest BCUT2D eigenvalue weighted by molar-refractivity contribution is 8.76. The van der Waals surface area contributed by atoms with Crippen LogP contribution in [0, 0.1) is 11.3 Å². The number of nitrogens with one attached hydrogen (secondary N) is 2. The van der Waals surface area contributed by atoms with Crippen LogP contribution in [-0.4, -0.2) is 108 Å². The van der Waals surface area contributed by atoms with E-state index in [-0.39, 0.29) is 61.5 Å². The molecule has 294 valence electrons. The maximum atomic E-state index is 15.4. The van der Waals surface area contributed by atoms with Crippen molar-refractivity contribution < 1.29 is 54.8 Å². The first-order valence-electron chi connectivity index (χ1n) is 18.4. The van der Waals surface area contributed by atoms with Gasteiger partial charge in [0.15, 0.2) is 11.6 Å². The molecule has 8 atom stereocenters. The highest BCUT2D eigenvalue weighted by atomic mass is 33.1. The Morgan fingerprint density at radius 3 is 2.56 bits per heavy atom. The average Bonchev–Trinajstić information content (AvgIpc) is 3.19. The molecule has 3 heterocycles. The number of benzene rings is 2. The monoisotopic (exact) mass is 794 g/mol. The number of Topliss-reactive ketones (excluding diaryl/α,β-unsaturated/α-hetero) is 2. The van der Waals surface area contributed by atoms with Crippen LogP contribution >= 0.6 is 21.6 Å². The highest BCUT2D eigenvalue weighted by Crippen LogP contribution is 2.57. The largest absolute Gasteiger partial charge is 0.511 e. The topological polar surface area (TPSA) is 218 Å². The fraction of sp³-hybridized carbons (Fsp3) is 0.450. The first-order valence-corrected chi connectivity index (χ1v) is 20.7. The minimum absolute atomic E-state index is 0.0300. The molecule has 8 unspecified atom stereocenters. The van der Waals surface area contributed by atoms with E-state index >= 15 is 4.79 Å². The Bertz CT molecular complexity index is 1930. The fourth-order valence-corrected chi connectivity index (χ4v) is 11.2. The summed E-state index contributed by atoms with van der Waals surface area (Å²) in [6.07, 6.45) is 1.38. The van der Waals surface area contributed by atoms with E-state index in [2.05, 4.69) is 10.6 Å². The second-order valence-electron chi connectivity index (χ2n) is 14.5. The zero-order valence-corrected chi connectivity index (χ0v) is 31.6. The van der Waals surface area contributed by atoms with Crippen molar-refractivity contribution in [3.8, 4) is 5.75 Å². The van der Waals surface area contributed by atoms with E-state index in [1.165, 1.54) is 45.9 Å². The van der Waals surface area contributed by atoms with Gasteiger partial charge in [0.05, 0.1) is 36.4 Å². The van der Waals surface area contributed by atoms with Crippen LogP contribution in [0.5, 0.6) is 5.75 Å². The first-order chi connectivity index (χ1) is 26.5. The van der Waals surface area contributed by atoms with E-state index in [0.29, 0.717) is 35.8 Å². The van der Waals surface area contributed by atoms with E-state index in [1.807, 2.05) is 30.4 Å². The van der Waals surface area contributed by atoms with Crippen molar-refractivity contribution in [2.24, 2.45) is 11.3 Å². The van der Waals surface area contributed by atoms with Crippen molar-refractivity contribution in [1.29, 1.82) is 0 Å². The zero-order valence-electron chi connectivity index (χ0n) is 30.0. The standard InChI is InChI=1S/C40H46N2O11S2/c43-13-3-8-31-40-27(16-25(17-30(40)46)15-23-4-1-5-24(14-23)19-44)34(47)26-6-2-7-28(33(26)36(40)49)52-38-37(50)39(51,35(48)29(20-45)53-38)11-9-22-10-12-41-32(18-22)42-21-54-55-31/h1-2,4-7,10,14,16-18,27,29,31,35,37-38,41-46,48,50-51H,3,8-9,11-13,15,19-21H2. The average molecular weight is 795 g/mol. The molecule has 1 saturated heterocycles. The van der Waals surface area contributed by atoms with Crippen LogP contribution in [0.25, 0.3) is 0 Å². The summed E-state index contributed by atoms with van der Waals surface area (Å²) in [5, 5.41) is 82.7. The van der Waals surface area contributed by atoms with E-state index < -0.39 is 65.0 Å². The maximum Gasteiger partial charge on any atom is 0.229 e. The summed E-state index contributed by atoms with van der Waals surface area (Å²) in [6, 6.07) is 11.8. The lowest BCUT2D eigenvalue weighted by atomic mass is 9.57. The lowest BCUT2D eigenvalue weighted by molar-refractivity contribution is -0.315. The molecule has 7 rings (SSSR count). The molecule has 0 saturated carbocycles. The first kappa shape index (κ1) is 39.6. The molecular formula is C40H46N2O11S2. The number of aliphatic hydroxyl groups is 7. The number of rotatable bonds is 7. The molecule has 55 heavy (non-hydrogen) atoms. The van der Waals surface area contributed by atoms with Crippen LogP contribution in [0.3, 0.4) is 0 Å². The van der Waals surface area contributed by atoms with Gasteiger partial charge >= 0.3 is 0 Å². The molecule has 3 aliphatic heterocycles. The van der Waals surface area contributed by atoms with Gasteiger partial charge in [0.1, 0.15) is 40.8 Å². The molecule has 2 aromatic carbocycles. The molecule has 6 bridgehead atoms. The van der Waals surface area contributed by atoms with Crippen LogP contribution in [0.4, 0.5) is 0 Å². The van der Waals surface area contributed by atoms with E-state index in [0.717, 1.165) is 11.1 Å². The molecular weight excluding hydrogens is 749 g/mol.